The Morgan fingerprint density at radius 2 is 1.62 bits per heavy atom. The second-order valence-corrected chi connectivity index (χ2v) is 4.54. The molecule has 0 spiro atoms. The minimum Gasteiger partial charge on any atom is -0.240 e. The van der Waals surface area contributed by atoms with E-state index in [1.807, 2.05) is 77.6 Å². The van der Waals surface area contributed by atoms with Crippen LogP contribution in [-0.2, 0) is 0 Å². The molecule has 3 heteroatoms. The number of hydrogen-bond acceptors (Lipinski definition) is 2. The molecule has 3 rings (SSSR count). The number of nitrogens with zero attached hydrogens (tertiary/aromatic N) is 3. The van der Waals surface area contributed by atoms with E-state index in [1.54, 1.807) is 6.08 Å². The lowest BCUT2D eigenvalue weighted by molar-refractivity contribution is 0.884. The quantitative estimate of drug-likeness (QED) is 0.674. The van der Waals surface area contributed by atoms with Crippen LogP contribution >= 0.6 is 0 Å². The first-order valence-corrected chi connectivity index (χ1v) is 6.65. The lowest BCUT2D eigenvalue weighted by Crippen LogP contribution is -1.93. The Morgan fingerprint density at radius 3 is 2.29 bits per heavy atom. The van der Waals surface area contributed by atoms with Gasteiger partial charge in [0.15, 0.2) is 0 Å². The highest BCUT2D eigenvalue weighted by atomic mass is 15.3. The first kappa shape index (κ1) is 12.9. The summed E-state index contributed by atoms with van der Waals surface area (Å²) >= 11 is 0. The molecule has 1 aromatic heterocycles. The molecule has 0 bridgehead atoms. The first-order valence-electron chi connectivity index (χ1n) is 6.65. The average Bonchev–Trinajstić information content (AvgIpc) is 2.99. The summed E-state index contributed by atoms with van der Waals surface area (Å²) in [7, 11) is 0. The van der Waals surface area contributed by atoms with Crippen LogP contribution in [-0.4, -0.2) is 9.78 Å². The Kier molecular flexibility index (Phi) is 3.62. The van der Waals surface area contributed by atoms with Crippen LogP contribution in [0.15, 0.2) is 72.9 Å². The molecule has 0 aliphatic carbocycles. The lowest BCUT2D eigenvalue weighted by atomic mass is 10.1. The Labute approximate surface area is 123 Å². The van der Waals surface area contributed by atoms with Crippen molar-refractivity contribution in [2.45, 2.75) is 0 Å². The third-order valence-corrected chi connectivity index (χ3v) is 3.15. The van der Waals surface area contributed by atoms with Crippen molar-refractivity contribution in [3.63, 3.8) is 0 Å². The smallest absolute Gasteiger partial charge is 0.1000 e. The van der Waals surface area contributed by atoms with Gasteiger partial charge in [-0.1, -0.05) is 48.5 Å². The number of para-hydroxylation sites is 1. The third-order valence-electron chi connectivity index (χ3n) is 3.15. The van der Waals surface area contributed by atoms with Crippen molar-refractivity contribution in [2.24, 2.45) is 0 Å². The number of benzene rings is 2. The fourth-order valence-corrected chi connectivity index (χ4v) is 2.17. The van der Waals surface area contributed by atoms with Gasteiger partial charge in [0.1, 0.15) is 0 Å². The van der Waals surface area contributed by atoms with Crippen LogP contribution in [0.2, 0.25) is 0 Å². The van der Waals surface area contributed by atoms with Crippen LogP contribution in [0, 0.1) is 11.3 Å². The van der Waals surface area contributed by atoms with Crippen molar-refractivity contribution >= 4 is 6.08 Å². The van der Waals surface area contributed by atoms with Gasteiger partial charge in [0.25, 0.3) is 0 Å². The molecule has 100 valence electrons. The number of aromatic nitrogens is 2. The summed E-state index contributed by atoms with van der Waals surface area (Å²) < 4.78 is 1.83. The van der Waals surface area contributed by atoms with Gasteiger partial charge in [0, 0.05) is 23.4 Å². The Balaban J connectivity index is 2.12. The molecule has 21 heavy (non-hydrogen) atoms. The molecule has 2 aromatic carbocycles. The van der Waals surface area contributed by atoms with Crippen LogP contribution in [0.1, 0.15) is 5.56 Å². The molecule has 0 atom stereocenters. The maximum Gasteiger partial charge on any atom is 0.1000 e. The van der Waals surface area contributed by atoms with Crippen molar-refractivity contribution in [1.29, 1.82) is 5.26 Å². The maximum atomic E-state index is 8.75. The fraction of sp³-hybridized carbons (Fsp3) is 0. The van der Waals surface area contributed by atoms with Crippen LogP contribution in [0.5, 0.6) is 0 Å². The minimum absolute atomic E-state index is 0.867. The molecule has 3 nitrogen and oxygen atoms in total. The molecule has 0 aliphatic rings. The van der Waals surface area contributed by atoms with E-state index in [2.05, 4.69) is 5.10 Å². The SMILES string of the molecule is N#CC=Cc1cn(-c2ccccc2)nc1-c1ccccc1. The molecule has 0 amide bonds. The summed E-state index contributed by atoms with van der Waals surface area (Å²) in [6.45, 7) is 0. The third kappa shape index (κ3) is 2.75. The average molecular weight is 271 g/mol. The zero-order valence-corrected chi connectivity index (χ0v) is 11.3. The van der Waals surface area contributed by atoms with E-state index < -0.39 is 0 Å². The number of rotatable bonds is 3. The van der Waals surface area contributed by atoms with Crippen LogP contribution in [0.3, 0.4) is 0 Å². The van der Waals surface area contributed by atoms with E-state index in [9.17, 15) is 0 Å². The molecule has 0 fully saturated rings. The summed E-state index contributed by atoms with van der Waals surface area (Å²) in [6.07, 6.45) is 5.19. The van der Waals surface area contributed by atoms with Gasteiger partial charge in [-0.2, -0.15) is 10.4 Å². The first-order chi connectivity index (χ1) is 10.4. The van der Waals surface area contributed by atoms with Gasteiger partial charge in [0.2, 0.25) is 0 Å². The highest BCUT2D eigenvalue weighted by molar-refractivity contribution is 5.72. The highest BCUT2D eigenvalue weighted by Gasteiger charge is 2.09. The maximum absolute atomic E-state index is 8.75. The zero-order chi connectivity index (χ0) is 14.5. The van der Waals surface area contributed by atoms with Crippen molar-refractivity contribution in [3.8, 4) is 23.0 Å². The predicted molar refractivity (Wildman–Crippen MR) is 83.6 cm³/mol. The summed E-state index contributed by atoms with van der Waals surface area (Å²) in [5.41, 5.74) is 3.81. The van der Waals surface area contributed by atoms with Crippen LogP contribution in [0.4, 0.5) is 0 Å². The Morgan fingerprint density at radius 1 is 0.952 bits per heavy atom. The van der Waals surface area contributed by atoms with Gasteiger partial charge in [-0.25, -0.2) is 4.68 Å². The van der Waals surface area contributed by atoms with Gasteiger partial charge in [-0.3, -0.25) is 0 Å². The molecule has 0 saturated carbocycles. The summed E-state index contributed by atoms with van der Waals surface area (Å²) in [4.78, 5) is 0. The second-order valence-electron chi connectivity index (χ2n) is 4.54. The van der Waals surface area contributed by atoms with Gasteiger partial charge < -0.3 is 0 Å². The molecule has 0 aliphatic heterocycles. The standard InChI is InChI=1S/C18H13N3/c19-13-7-10-16-14-21(17-11-5-2-6-12-17)20-18(16)15-8-3-1-4-9-15/h1-12,14H. The van der Waals surface area contributed by atoms with Gasteiger partial charge in [-0.05, 0) is 18.2 Å². The molecule has 0 unspecified atom stereocenters. The normalized spacial score (nSPS) is 10.6. The Hall–Kier alpha value is -3.12. The molecule has 0 saturated heterocycles. The molecule has 0 radical (unpaired) electrons. The second kappa shape index (κ2) is 5.89. The molecular weight excluding hydrogens is 258 g/mol. The Bertz CT molecular complexity index is 793. The number of nitriles is 1. The summed E-state index contributed by atoms with van der Waals surface area (Å²) in [5, 5.41) is 13.4. The van der Waals surface area contributed by atoms with E-state index in [4.69, 9.17) is 5.26 Å². The molecule has 0 N–H and O–H groups in total. The van der Waals surface area contributed by atoms with Gasteiger partial charge in [0.05, 0.1) is 17.5 Å². The molecule has 3 aromatic rings. The fourth-order valence-electron chi connectivity index (χ4n) is 2.17. The largest absolute Gasteiger partial charge is 0.240 e. The van der Waals surface area contributed by atoms with Crippen LogP contribution < -0.4 is 0 Å². The monoisotopic (exact) mass is 271 g/mol. The van der Waals surface area contributed by atoms with E-state index >= 15 is 0 Å². The van der Waals surface area contributed by atoms with E-state index in [1.165, 1.54) is 6.08 Å². The molecule has 1 heterocycles. The zero-order valence-electron chi connectivity index (χ0n) is 11.3. The van der Waals surface area contributed by atoms with Crippen molar-refractivity contribution in [3.05, 3.63) is 78.5 Å². The van der Waals surface area contributed by atoms with Crippen molar-refractivity contribution in [2.75, 3.05) is 0 Å². The highest BCUT2D eigenvalue weighted by Crippen LogP contribution is 2.24. The minimum atomic E-state index is 0.867. The summed E-state index contributed by atoms with van der Waals surface area (Å²) in [5.74, 6) is 0. The van der Waals surface area contributed by atoms with Gasteiger partial charge >= 0.3 is 0 Å². The van der Waals surface area contributed by atoms with Gasteiger partial charge in [-0.15, -0.1) is 0 Å². The van der Waals surface area contributed by atoms with E-state index in [0.29, 0.717) is 0 Å². The van der Waals surface area contributed by atoms with Crippen molar-refractivity contribution < 1.29 is 0 Å². The lowest BCUT2D eigenvalue weighted by Gasteiger charge is -2.00. The van der Waals surface area contributed by atoms with E-state index in [0.717, 1.165) is 22.5 Å². The van der Waals surface area contributed by atoms with Crippen LogP contribution in [0.25, 0.3) is 23.0 Å². The van der Waals surface area contributed by atoms with E-state index in [-0.39, 0.29) is 0 Å². The predicted octanol–water partition coefficient (Wildman–Crippen LogP) is 4.08. The van der Waals surface area contributed by atoms with Crippen molar-refractivity contribution in [1.82, 2.24) is 9.78 Å². The molecular formula is C18H13N3. The topological polar surface area (TPSA) is 41.6 Å². The number of allylic oxidation sites excluding steroid dienone is 1. The number of hydrogen-bond donors (Lipinski definition) is 0. The summed E-state index contributed by atoms with van der Waals surface area (Å²) in [6, 6.07) is 21.9.